The Bertz CT molecular complexity index is 560. The zero-order chi connectivity index (χ0) is 13.8. The van der Waals surface area contributed by atoms with Crippen molar-refractivity contribution in [3.63, 3.8) is 0 Å². The van der Waals surface area contributed by atoms with Crippen LogP contribution in [0.5, 0.6) is 0 Å². The van der Waals surface area contributed by atoms with Gasteiger partial charge in [0, 0.05) is 17.3 Å². The number of carbonyl (C=O) groups excluding carboxylic acids is 1. The molecule has 0 saturated heterocycles. The van der Waals surface area contributed by atoms with Crippen molar-refractivity contribution in [2.24, 2.45) is 0 Å². The van der Waals surface area contributed by atoms with Crippen molar-refractivity contribution in [3.8, 4) is 0 Å². The molecule has 19 heavy (non-hydrogen) atoms. The number of hydrogen-bond acceptors (Lipinski definition) is 4. The molecule has 0 aromatic carbocycles. The molecule has 0 aliphatic heterocycles. The average molecular weight is 278 g/mol. The van der Waals surface area contributed by atoms with Gasteiger partial charge in [0.2, 0.25) is 5.91 Å². The van der Waals surface area contributed by atoms with E-state index in [1.165, 1.54) is 0 Å². The maximum absolute atomic E-state index is 12.0. The second-order valence-electron chi connectivity index (χ2n) is 4.51. The molecule has 2 aromatic heterocycles. The highest BCUT2D eigenvalue weighted by Gasteiger charge is 2.16. The lowest BCUT2D eigenvalue weighted by atomic mass is 10.2. The van der Waals surface area contributed by atoms with E-state index in [-0.39, 0.29) is 11.9 Å². The van der Waals surface area contributed by atoms with Crippen LogP contribution in [0.25, 0.3) is 0 Å². The molecule has 0 radical (unpaired) electrons. The van der Waals surface area contributed by atoms with Gasteiger partial charge in [-0.3, -0.25) is 4.79 Å². The van der Waals surface area contributed by atoms with Gasteiger partial charge in [-0.15, -0.1) is 11.3 Å². The van der Waals surface area contributed by atoms with E-state index in [0.29, 0.717) is 6.42 Å². The van der Waals surface area contributed by atoms with E-state index < -0.39 is 0 Å². The van der Waals surface area contributed by atoms with Crippen LogP contribution in [-0.4, -0.2) is 20.9 Å². The Morgan fingerprint density at radius 2 is 2.32 bits per heavy atom. The number of nitrogens with one attached hydrogen (secondary N) is 2. The smallest absolute Gasteiger partial charge is 0.226 e. The van der Waals surface area contributed by atoms with Gasteiger partial charge in [0.25, 0.3) is 0 Å². The first-order valence-corrected chi connectivity index (χ1v) is 7.18. The predicted octanol–water partition coefficient (Wildman–Crippen LogP) is 2.29. The molecule has 1 amide bonds. The Hall–Kier alpha value is -1.69. The van der Waals surface area contributed by atoms with Crippen molar-refractivity contribution >= 4 is 17.2 Å². The lowest BCUT2D eigenvalue weighted by Gasteiger charge is -2.14. The highest BCUT2D eigenvalue weighted by Crippen LogP contribution is 2.14. The summed E-state index contributed by atoms with van der Waals surface area (Å²) in [4.78, 5) is 23.7. The molecule has 1 atom stereocenters. The summed E-state index contributed by atoms with van der Waals surface area (Å²) in [5.74, 6) is 0.786. The Kier molecular flexibility index (Phi) is 4.31. The van der Waals surface area contributed by atoms with E-state index in [1.54, 1.807) is 17.5 Å². The zero-order valence-corrected chi connectivity index (χ0v) is 12.2. The third kappa shape index (κ3) is 3.64. The number of thiazole rings is 1. The molecular formula is C13H18N4OS. The summed E-state index contributed by atoms with van der Waals surface area (Å²) in [6.45, 7) is 5.91. The van der Waals surface area contributed by atoms with Crippen LogP contribution in [0.1, 0.15) is 41.6 Å². The quantitative estimate of drug-likeness (QED) is 0.881. The van der Waals surface area contributed by atoms with Crippen LogP contribution in [0.15, 0.2) is 11.6 Å². The molecule has 0 bridgehead atoms. The molecule has 0 aliphatic carbocycles. The molecule has 2 N–H and O–H groups in total. The van der Waals surface area contributed by atoms with Crippen LogP contribution in [0, 0.1) is 13.8 Å². The lowest BCUT2D eigenvalue weighted by molar-refractivity contribution is -0.121. The van der Waals surface area contributed by atoms with E-state index >= 15 is 0 Å². The number of imidazole rings is 1. The summed E-state index contributed by atoms with van der Waals surface area (Å²) < 4.78 is 0. The first-order chi connectivity index (χ1) is 9.08. The van der Waals surface area contributed by atoms with E-state index in [1.807, 2.05) is 26.2 Å². The fourth-order valence-corrected chi connectivity index (χ4v) is 2.49. The summed E-state index contributed by atoms with van der Waals surface area (Å²) in [5, 5.41) is 5.89. The van der Waals surface area contributed by atoms with Gasteiger partial charge in [-0.1, -0.05) is 6.92 Å². The minimum absolute atomic E-state index is 0.0220. The number of amides is 1. The molecule has 6 heteroatoms. The summed E-state index contributed by atoms with van der Waals surface area (Å²) in [7, 11) is 0. The zero-order valence-electron chi connectivity index (χ0n) is 11.4. The fraction of sp³-hybridized carbons (Fsp3) is 0.462. The summed E-state index contributed by atoms with van der Waals surface area (Å²) >= 11 is 1.56. The molecule has 0 fully saturated rings. The third-order valence-electron chi connectivity index (χ3n) is 2.80. The van der Waals surface area contributed by atoms with E-state index in [9.17, 15) is 4.79 Å². The molecule has 0 saturated carbocycles. The second-order valence-corrected chi connectivity index (χ2v) is 5.58. The van der Waals surface area contributed by atoms with Crippen LogP contribution >= 0.6 is 11.3 Å². The Balaban J connectivity index is 1.96. The van der Waals surface area contributed by atoms with Crippen LogP contribution in [-0.2, 0) is 11.2 Å². The van der Waals surface area contributed by atoms with Gasteiger partial charge >= 0.3 is 0 Å². The van der Waals surface area contributed by atoms with Gasteiger partial charge in [-0.05, 0) is 20.3 Å². The number of aromatic amines is 1. The molecule has 2 rings (SSSR count). The predicted molar refractivity (Wildman–Crippen MR) is 75.1 cm³/mol. The van der Waals surface area contributed by atoms with Gasteiger partial charge in [-0.25, -0.2) is 9.97 Å². The Morgan fingerprint density at radius 1 is 1.53 bits per heavy atom. The molecule has 0 aliphatic rings. The largest absolute Gasteiger partial charge is 0.346 e. The van der Waals surface area contributed by atoms with Gasteiger partial charge in [0.05, 0.1) is 23.2 Å². The van der Waals surface area contributed by atoms with Crippen LogP contribution in [0.2, 0.25) is 0 Å². The summed E-state index contributed by atoms with van der Waals surface area (Å²) in [6, 6.07) is -0.0686. The highest BCUT2D eigenvalue weighted by molar-refractivity contribution is 7.09. The number of aromatic nitrogens is 3. The standard InChI is InChI=1S/C13H18N4OS/c1-4-11(13-14-6-8(2)15-13)17-12(18)5-10-7-19-9(3)16-10/h6-7,11H,4-5H2,1-3H3,(H,14,15)(H,17,18)/t11-/m1/s1. The van der Waals surface area contributed by atoms with E-state index in [0.717, 1.165) is 28.6 Å². The third-order valence-corrected chi connectivity index (χ3v) is 3.63. The van der Waals surface area contributed by atoms with Gasteiger partial charge in [0.1, 0.15) is 5.82 Å². The van der Waals surface area contributed by atoms with Gasteiger partial charge in [0.15, 0.2) is 0 Å². The number of rotatable bonds is 5. The average Bonchev–Trinajstić information content (AvgIpc) is 2.95. The molecule has 0 spiro atoms. The maximum Gasteiger partial charge on any atom is 0.226 e. The fourth-order valence-electron chi connectivity index (χ4n) is 1.87. The number of nitrogens with zero attached hydrogens (tertiary/aromatic N) is 2. The Morgan fingerprint density at radius 3 is 2.84 bits per heavy atom. The molecule has 102 valence electrons. The monoisotopic (exact) mass is 278 g/mol. The topological polar surface area (TPSA) is 70.7 Å². The SMILES string of the molecule is CC[C@@H](NC(=O)Cc1csc(C)n1)c1ncc(C)[nH]1. The summed E-state index contributed by atoms with van der Waals surface area (Å²) in [6.07, 6.45) is 2.89. The number of H-pyrrole nitrogens is 1. The van der Waals surface area contributed by atoms with Crippen molar-refractivity contribution in [1.82, 2.24) is 20.3 Å². The van der Waals surface area contributed by atoms with E-state index in [4.69, 9.17) is 0 Å². The number of carbonyl (C=O) groups is 1. The first-order valence-electron chi connectivity index (χ1n) is 6.30. The molecule has 2 heterocycles. The van der Waals surface area contributed by atoms with Crippen molar-refractivity contribution in [1.29, 1.82) is 0 Å². The van der Waals surface area contributed by atoms with Gasteiger partial charge < -0.3 is 10.3 Å². The summed E-state index contributed by atoms with van der Waals surface area (Å²) in [5.41, 5.74) is 1.82. The molecule has 5 nitrogen and oxygen atoms in total. The molecule has 2 aromatic rings. The van der Waals surface area contributed by atoms with Crippen molar-refractivity contribution in [2.45, 2.75) is 39.7 Å². The van der Waals surface area contributed by atoms with Gasteiger partial charge in [-0.2, -0.15) is 0 Å². The normalized spacial score (nSPS) is 12.4. The highest BCUT2D eigenvalue weighted by atomic mass is 32.1. The van der Waals surface area contributed by atoms with Crippen LogP contribution in [0.4, 0.5) is 0 Å². The first kappa shape index (κ1) is 13.7. The number of hydrogen-bond donors (Lipinski definition) is 2. The second kappa shape index (κ2) is 5.97. The molecule has 0 unspecified atom stereocenters. The maximum atomic E-state index is 12.0. The van der Waals surface area contributed by atoms with E-state index in [2.05, 4.69) is 20.3 Å². The van der Waals surface area contributed by atoms with Crippen molar-refractivity contribution < 1.29 is 4.79 Å². The van der Waals surface area contributed by atoms with Crippen molar-refractivity contribution in [3.05, 3.63) is 33.8 Å². The number of aryl methyl sites for hydroxylation is 2. The van der Waals surface area contributed by atoms with Crippen LogP contribution in [0.3, 0.4) is 0 Å². The van der Waals surface area contributed by atoms with Crippen molar-refractivity contribution in [2.75, 3.05) is 0 Å². The molecular weight excluding hydrogens is 260 g/mol. The van der Waals surface area contributed by atoms with Crippen LogP contribution < -0.4 is 5.32 Å². The Labute approximate surface area is 116 Å². The minimum Gasteiger partial charge on any atom is -0.346 e. The minimum atomic E-state index is -0.0686. The lowest BCUT2D eigenvalue weighted by Crippen LogP contribution is -2.30.